The summed E-state index contributed by atoms with van der Waals surface area (Å²) in [5, 5.41) is 2.44. The van der Waals surface area contributed by atoms with Crippen LogP contribution in [0.5, 0.6) is 0 Å². The molecule has 0 aromatic rings. The number of nitrogens with one attached hydrogen (secondary N) is 1. The molecule has 66 valence electrons. The number of hydrogen-bond donors (Lipinski definition) is 1. The van der Waals surface area contributed by atoms with Crippen LogP contribution in [-0.4, -0.2) is 31.3 Å². The van der Waals surface area contributed by atoms with Crippen molar-refractivity contribution >= 4 is 12.3 Å². The molecule has 0 saturated heterocycles. The minimum atomic E-state index is -0.171. The maximum Gasteiger partial charge on any atom is 0.226 e. The molecule has 4 heteroatoms. The van der Waals surface area contributed by atoms with E-state index in [0.29, 0.717) is 12.1 Å². The van der Waals surface area contributed by atoms with Gasteiger partial charge in [0.2, 0.25) is 12.3 Å². The third kappa shape index (κ3) is 3.03. The van der Waals surface area contributed by atoms with Gasteiger partial charge in [0.1, 0.15) is 0 Å². The molecule has 0 unspecified atom stereocenters. The standard InChI is InChI=1S/C8H12N2O2/c1-4-7(10(3)6-11)5-8(12)9-2/h6H,1,5H2,2-3H3,(H,9,12). The maximum absolute atomic E-state index is 10.9. The van der Waals surface area contributed by atoms with Crippen molar-refractivity contribution in [3.63, 3.8) is 0 Å². The van der Waals surface area contributed by atoms with Gasteiger partial charge in [0.25, 0.3) is 0 Å². The fourth-order valence-electron chi connectivity index (χ4n) is 0.616. The Morgan fingerprint density at radius 3 is 2.67 bits per heavy atom. The van der Waals surface area contributed by atoms with Crippen LogP contribution in [0.3, 0.4) is 0 Å². The highest BCUT2D eigenvalue weighted by Crippen LogP contribution is 2.01. The lowest BCUT2D eigenvalue weighted by atomic mass is 10.3. The highest BCUT2D eigenvalue weighted by molar-refractivity contribution is 5.78. The molecule has 0 spiro atoms. The molecule has 1 N–H and O–H groups in total. The van der Waals surface area contributed by atoms with Crippen molar-refractivity contribution in [1.82, 2.24) is 10.2 Å². The summed E-state index contributed by atoms with van der Waals surface area (Å²) in [5.41, 5.74) is 2.98. The van der Waals surface area contributed by atoms with E-state index in [-0.39, 0.29) is 12.3 Å². The molecule has 2 amide bonds. The van der Waals surface area contributed by atoms with E-state index < -0.39 is 0 Å². The van der Waals surface area contributed by atoms with Crippen molar-refractivity contribution < 1.29 is 9.59 Å². The van der Waals surface area contributed by atoms with Gasteiger partial charge in [0.15, 0.2) is 0 Å². The molecule has 0 aromatic carbocycles. The second kappa shape index (κ2) is 5.16. The average Bonchev–Trinajstić information content (AvgIpc) is 2.12. The van der Waals surface area contributed by atoms with E-state index >= 15 is 0 Å². The summed E-state index contributed by atoms with van der Waals surface area (Å²) in [4.78, 5) is 22.4. The predicted octanol–water partition coefficient (Wildman–Crippen LogP) is -0.121. The highest BCUT2D eigenvalue weighted by Gasteiger charge is 2.06. The molecule has 0 heterocycles. The molecular weight excluding hydrogens is 156 g/mol. The molecule has 0 rings (SSSR count). The van der Waals surface area contributed by atoms with E-state index in [1.54, 1.807) is 7.05 Å². The Balaban J connectivity index is 4.30. The van der Waals surface area contributed by atoms with Gasteiger partial charge in [-0.3, -0.25) is 9.59 Å². The van der Waals surface area contributed by atoms with Gasteiger partial charge in [0.05, 0.1) is 12.1 Å². The van der Waals surface area contributed by atoms with Crippen molar-refractivity contribution in [3.05, 3.63) is 18.0 Å². The zero-order chi connectivity index (χ0) is 9.56. The van der Waals surface area contributed by atoms with Crippen LogP contribution in [0.15, 0.2) is 18.0 Å². The van der Waals surface area contributed by atoms with Gasteiger partial charge >= 0.3 is 0 Å². The van der Waals surface area contributed by atoms with E-state index in [4.69, 9.17) is 0 Å². The van der Waals surface area contributed by atoms with E-state index in [2.05, 4.69) is 17.6 Å². The number of rotatable bonds is 4. The minimum absolute atomic E-state index is 0.120. The van der Waals surface area contributed by atoms with Crippen molar-refractivity contribution in [2.45, 2.75) is 6.42 Å². The van der Waals surface area contributed by atoms with Crippen molar-refractivity contribution in [2.75, 3.05) is 14.1 Å². The van der Waals surface area contributed by atoms with Crippen LogP contribution in [-0.2, 0) is 9.59 Å². The first-order chi connectivity index (χ1) is 5.65. The van der Waals surface area contributed by atoms with Crippen LogP contribution in [0.25, 0.3) is 0 Å². The summed E-state index contributed by atoms with van der Waals surface area (Å²) < 4.78 is 0. The monoisotopic (exact) mass is 168 g/mol. The van der Waals surface area contributed by atoms with Crippen LogP contribution >= 0.6 is 0 Å². The molecule has 0 aromatic heterocycles. The number of carbonyl (C=O) groups is 2. The predicted molar refractivity (Wildman–Crippen MR) is 45.2 cm³/mol. The summed E-state index contributed by atoms with van der Waals surface area (Å²) in [6.45, 7) is 3.37. The smallest absolute Gasteiger partial charge is 0.226 e. The average molecular weight is 168 g/mol. The summed E-state index contributed by atoms with van der Waals surface area (Å²) in [6, 6.07) is 0. The van der Waals surface area contributed by atoms with Gasteiger partial charge < -0.3 is 10.2 Å². The van der Waals surface area contributed by atoms with Gasteiger partial charge in [-0.1, -0.05) is 6.58 Å². The van der Waals surface area contributed by atoms with Crippen LogP contribution in [0.4, 0.5) is 0 Å². The molecule has 4 nitrogen and oxygen atoms in total. The minimum Gasteiger partial charge on any atom is -0.359 e. The summed E-state index contributed by atoms with van der Waals surface area (Å²) in [5.74, 6) is -0.171. The lowest BCUT2D eigenvalue weighted by Crippen LogP contribution is -2.23. The third-order valence-corrected chi connectivity index (χ3v) is 1.39. The van der Waals surface area contributed by atoms with E-state index in [1.807, 2.05) is 0 Å². The van der Waals surface area contributed by atoms with Crippen molar-refractivity contribution in [2.24, 2.45) is 0 Å². The Morgan fingerprint density at radius 1 is 1.75 bits per heavy atom. The summed E-state index contributed by atoms with van der Waals surface area (Å²) in [7, 11) is 3.08. The van der Waals surface area contributed by atoms with Gasteiger partial charge in [-0.25, -0.2) is 0 Å². The molecule has 0 radical (unpaired) electrons. The topological polar surface area (TPSA) is 49.4 Å². The Bertz CT molecular complexity index is 229. The van der Waals surface area contributed by atoms with Crippen molar-refractivity contribution in [3.8, 4) is 0 Å². The highest BCUT2D eigenvalue weighted by atomic mass is 16.2. The molecule has 0 fully saturated rings. The second-order valence-corrected chi connectivity index (χ2v) is 2.19. The zero-order valence-electron chi connectivity index (χ0n) is 7.26. The Hall–Kier alpha value is -1.54. The van der Waals surface area contributed by atoms with Crippen LogP contribution in [0, 0.1) is 0 Å². The fourth-order valence-corrected chi connectivity index (χ4v) is 0.616. The second-order valence-electron chi connectivity index (χ2n) is 2.19. The lowest BCUT2D eigenvalue weighted by Gasteiger charge is -2.11. The van der Waals surface area contributed by atoms with Gasteiger partial charge in [-0.15, -0.1) is 5.73 Å². The van der Waals surface area contributed by atoms with E-state index in [0.717, 1.165) is 0 Å². The largest absolute Gasteiger partial charge is 0.359 e. The molecule has 0 aliphatic heterocycles. The number of carbonyl (C=O) groups excluding carboxylic acids is 2. The zero-order valence-corrected chi connectivity index (χ0v) is 7.26. The van der Waals surface area contributed by atoms with Crippen LogP contribution < -0.4 is 5.32 Å². The first kappa shape index (κ1) is 10.5. The first-order valence-corrected chi connectivity index (χ1v) is 3.43. The molecular formula is C8H12N2O2. The van der Waals surface area contributed by atoms with E-state index in [9.17, 15) is 9.59 Å². The lowest BCUT2D eigenvalue weighted by molar-refractivity contribution is -0.120. The Kier molecular flexibility index (Phi) is 4.49. The fraction of sp³-hybridized carbons (Fsp3) is 0.375. The first-order valence-electron chi connectivity index (χ1n) is 3.43. The molecule has 0 aliphatic carbocycles. The quantitative estimate of drug-likeness (QED) is 0.470. The van der Waals surface area contributed by atoms with Crippen LogP contribution in [0.1, 0.15) is 6.42 Å². The third-order valence-electron chi connectivity index (χ3n) is 1.39. The molecule has 12 heavy (non-hydrogen) atoms. The van der Waals surface area contributed by atoms with Gasteiger partial charge in [-0.05, 0) is 0 Å². The normalized spacial score (nSPS) is 8.17. The molecule has 0 atom stereocenters. The Morgan fingerprint density at radius 2 is 2.33 bits per heavy atom. The van der Waals surface area contributed by atoms with Gasteiger partial charge in [-0.2, -0.15) is 0 Å². The van der Waals surface area contributed by atoms with Crippen LogP contribution in [0.2, 0.25) is 0 Å². The molecule has 0 aliphatic rings. The number of hydrogen-bond acceptors (Lipinski definition) is 2. The number of nitrogens with zero attached hydrogens (tertiary/aromatic N) is 1. The van der Waals surface area contributed by atoms with E-state index in [1.165, 1.54) is 11.9 Å². The molecule has 0 saturated carbocycles. The SMILES string of the molecule is C=C=C(CC(=O)NC)N(C)C=O. The maximum atomic E-state index is 10.9. The molecule has 0 bridgehead atoms. The van der Waals surface area contributed by atoms with Crippen molar-refractivity contribution in [1.29, 1.82) is 0 Å². The Labute approximate surface area is 71.5 Å². The van der Waals surface area contributed by atoms with Gasteiger partial charge in [0, 0.05) is 14.1 Å². The number of amides is 2. The summed E-state index contributed by atoms with van der Waals surface area (Å²) in [6.07, 6.45) is 0.728. The summed E-state index contributed by atoms with van der Waals surface area (Å²) >= 11 is 0.